The maximum absolute atomic E-state index is 13.3. The molecule has 1 aromatic carbocycles. The van der Waals surface area contributed by atoms with Crippen molar-refractivity contribution in [2.45, 2.75) is 70.4 Å². The van der Waals surface area contributed by atoms with Crippen LogP contribution < -0.4 is 11.1 Å². The van der Waals surface area contributed by atoms with E-state index in [4.69, 9.17) is 5.73 Å². The smallest absolute Gasteiger partial charge is 0.245 e. The zero-order chi connectivity index (χ0) is 21.9. The Morgan fingerprint density at radius 2 is 1.97 bits per heavy atom. The monoisotopic (exact) mass is 417 g/mol. The second kappa shape index (κ2) is 12.3. The molecular weight excluding hydrogens is 382 g/mol. The summed E-state index contributed by atoms with van der Waals surface area (Å²) in [4.78, 5) is 39.4. The molecule has 0 aliphatic carbocycles. The number of aliphatic hydroxyl groups is 1. The lowest BCUT2D eigenvalue weighted by atomic mass is 9.95. The molecule has 4 N–H and O–H groups in total. The predicted octanol–water partition coefficient (Wildman–Crippen LogP) is 1.77. The van der Waals surface area contributed by atoms with Crippen LogP contribution in [0, 0.1) is 5.92 Å². The quantitative estimate of drug-likeness (QED) is 0.450. The fraction of sp³-hybridized carbons (Fsp3) is 0.609. The lowest BCUT2D eigenvalue weighted by Crippen LogP contribution is -2.53. The number of unbranched alkanes of at least 4 members (excludes halogenated alkanes) is 2. The number of benzene rings is 1. The third-order valence-electron chi connectivity index (χ3n) is 5.74. The van der Waals surface area contributed by atoms with E-state index in [2.05, 4.69) is 12.2 Å². The van der Waals surface area contributed by atoms with Gasteiger partial charge in [0.25, 0.3) is 0 Å². The van der Waals surface area contributed by atoms with Crippen LogP contribution in [0.5, 0.6) is 0 Å². The van der Waals surface area contributed by atoms with Crippen molar-refractivity contribution in [1.82, 2.24) is 10.2 Å². The van der Waals surface area contributed by atoms with E-state index >= 15 is 0 Å². The zero-order valence-corrected chi connectivity index (χ0v) is 17.9. The molecule has 0 saturated carbocycles. The second-order valence-electron chi connectivity index (χ2n) is 8.12. The first kappa shape index (κ1) is 23.9. The van der Waals surface area contributed by atoms with Crippen LogP contribution in [0.2, 0.25) is 0 Å². The van der Waals surface area contributed by atoms with E-state index in [9.17, 15) is 19.5 Å². The Balaban J connectivity index is 2.16. The van der Waals surface area contributed by atoms with Crippen LogP contribution in [-0.4, -0.2) is 53.0 Å². The van der Waals surface area contributed by atoms with Gasteiger partial charge in [-0.15, -0.1) is 0 Å². The van der Waals surface area contributed by atoms with Crippen molar-refractivity contribution in [1.29, 1.82) is 0 Å². The standard InChI is InChI=1S/C23H35N3O4/c1-2-3-5-11-18(15-21(24)28)22(29)25-20(14-17-9-6-4-7-10-17)23(30)26-13-8-12-19(26)16-27/h4,6-7,9-10,18-20,27H,2-3,5,8,11-16H2,1H3,(H2,24,28)(H,25,29)/t18-,19-,20-/m0/s1. The number of nitrogens with one attached hydrogen (secondary N) is 1. The molecule has 3 atom stereocenters. The topological polar surface area (TPSA) is 113 Å². The van der Waals surface area contributed by atoms with Gasteiger partial charge in [-0.3, -0.25) is 14.4 Å². The van der Waals surface area contributed by atoms with Crippen molar-refractivity contribution < 1.29 is 19.5 Å². The Morgan fingerprint density at radius 3 is 2.60 bits per heavy atom. The number of nitrogens with zero attached hydrogens (tertiary/aromatic N) is 1. The van der Waals surface area contributed by atoms with E-state index in [1.54, 1.807) is 4.90 Å². The maximum Gasteiger partial charge on any atom is 0.245 e. The summed E-state index contributed by atoms with van der Waals surface area (Å²) in [6, 6.07) is 8.58. The number of rotatable bonds is 12. The highest BCUT2D eigenvalue weighted by Gasteiger charge is 2.34. The number of carbonyl (C=O) groups excluding carboxylic acids is 3. The van der Waals surface area contributed by atoms with Crippen molar-refractivity contribution in [2.75, 3.05) is 13.2 Å². The van der Waals surface area contributed by atoms with Gasteiger partial charge < -0.3 is 21.1 Å². The van der Waals surface area contributed by atoms with Crippen LogP contribution in [0.15, 0.2) is 30.3 Å². The van der Waals surface area contributed by atoms with Gasteiger partial charge in [0.15, 0.2) is 0 Å². The van der Waals surface area contributed by atoms with Crippen LogP contribution in [0.25, 0.3) is 0 Å². The first-order valence-corrected chi connectivity index (χ1v) is 11.0. The average molecular weight is 418 g/mol. The third kappa shape index (κ3) is 7.13. The fourth-order valence-electron chi connectivity index (χ4n) is 4.06. The molecule has 7 nitrogen and oxygen atoms in total. The molecule has 2 rings (SSSR count). The highest BCUT2D eigenvalue weighted by atomic mass is 16.3. The number of amides is 3. The van der Waals surface area contributed by atoms with E-state index in [1.165, 1.54) is 0 Å². The number of hydrogen-bond donors (Lipinski definition) is 3. The van der Waals surface area contributed by atoms with Gasteiger partial charge in [0, 0.05) is 25.3 Å². The number of primary amides is 1. The molecule has 1 aliphatic rings. The highest BCUT2D eigenvalue weighted by molar-refractivity contribution is 5.90. The summed E-state index contributed by atoms with van der Waals surface area (Å²) >= 11 is 0. The van der Waals surface area contributed by atoms with Gasteiger partial charge in [-0.2, -0.15) is 0 Å². The van der Waals surface area contributed by atoms with E-state index < -0.39 is 17.9 Å². The molecule has 1 saturated heterocycles. The predicted molar refractivity (Wildman–Crippen MR) is 115 cm³/mol. The lowest BCUT2D eigenvalue weighted by molar-refractivity contribution is -0.139. The normalized spacial score (nSPS) is 18.1. The summed E-state index contributed by atoms with van der Waals surface area (Å²) in [5.41, 5.74) is 6.30. The molecule has 0 spiro atoms. The molecule has 0 unspecified atom stereocenters. The number of carbonyl (C=O) groups is 3. The van der Waals surface area contributed by atoms with Crippen molar-refractivity contribution in [2.24, 2.45) is 11.7 Å². The van der Waals surface area contributed by atoms with Crippen LogP contribution in [0.1, 0.15) is 57.4 Å². The number of likely N-dealkylation sites (tertiary alicyclic amines) is 1. The molecule has 30 heavy (non-hydrogen) atoms. The molecule has 0 bridgehead atoms. The molecule has 1 aliphatic heterocycles. The van der Waals surface area contributed by atoms with Crippen molar-refractivity contribution in [3.05, 3.63) is 35.9 Å². The molecule has 166 valence electrons. The molecule has 1 fully saturated rings. The maximum atomic E-state index is 13.3. The molecule has 7 heteroatoms. The Bertz CT molecular complexity index is 695. The van der Waals surface area contributed by atoms with Crippen LogP contribution in [0.4, 0.5) is 0 Å². The Hall–Kier alpha value is -2.41. The third-order valence-corrected chi connectivity index (χ3v) is 5.74. The molecule has 0 aromatic heterocycles. The molecule has 3 amide bonds. The first-order valence-electron chi connectivity index (χ1n) is 11.0. The van der Waals surface area contributed by atoms with Crippen LogP contribution in [0.3, 0.4) is 0 Å². The average Bonchev–Trinajstić information content (AvgIpc) is 3.21. The Morgan fingerprint density at radius 1 is 1.23 bits per heavy atom. The van der Waals surface area contributed by atoms with E-state index in [-0.39, 0.29) is 30.9 Å². The second-order valence-corrected chi connectivity index (χ2v) is 8.12. The van der Waals surface area contributed by atoms with E-state index in [0.717, 1.165) is 37.7 Å². The summed E-state index contributed by atoms with van der Waals surface area (Å²) in [5.74, 6) is -1.54. The van der Waals surface area contributed by atoms with Gasteiger partial charge >= 0.3 is 0 Å². The summed E-state index contributed by atoms with van der Waals surface area (Å²) in [7, 11) is 0. The summed E-state index contributed by atoms with van der Waals surface area (Å²) < 4.78 is 0. The van der Waals surface area contributed by atoms with Crippen LogP contribution >= 0.6 is 0 Å². The fourth-order valence-corrected chi connectivity index (χ4v) is 4.06. The minimum absolute atomic E-state index is 0.0230. The summed E-state index contributed by atoms with van der Waals surface area (Å²) in [6.07, 6.45) is 5.32. The highest BCUT2D eigenvalue weighted by Crippen LogP contribution is 2.20. The number of nitrogens with two attached hydrogens (primary N) is 1. The van der Waals surface area contributed by atoms with Gasteiger partial charge in [-0.25, -0.2) is 0 Å². The molecule has 1 aromatic rings. The SMILES string of the molecule is CCCCC[C@@H](CC(N)=O)C(=O)N[C@@H](Cc1ccccc1)C(=O)N1CCC[C@H]1CO. The van der Waals surface area contributed by atoms with Gasteiger partial charge in [0.2, 0.25) is 17.7 Å². The molecule has 1 heterocycles. The molecule has 0 radical (unpaired) electrons. The number of hydrogen-bond acceptors (Lipinski definition) is 4. The van der Waals surface area contributed by atoms with E-state index in [1.807, 2.05) is 30.3 Å². The minimum atomic E-state index is -0.742. The molecular formula is C23H35N3O4. The van der Waals surface area contributed by atoms with Crippen molar-refractivity contribution in [3.63, 3.8) is 0 Å². The van der Waals surface area contributed by atoms with E-state index in [0.29, 0.717) is 19.4 Å². The van der Waals surface area contributed by atoms with Crippen LogP contribution in [-0.2, 0) is 20.8 Å². The van der Waals surface area contributed by atoms with Crippen molar-refractivity contribution in [3.8, 4) is 0 Å². The van der Waals surface area contributed by atoms with Gasteiger partial charge in [-0.1, -0.05) is 56.5 Å². The summed E-state index contributed by atoms with van der Waals surface area (Å²) in [6.45, 7) is 2.57. The van der Waals surface area contributed by atoms with Gasteiger partial charge in [0.05, 0.1) is 12.6 Å². The van der Waals surface area contributed by atoms with Crippen molar-refractivity contribution >= 4 is 17.7 Å². The lowest BCUT2D eigenvalue weighted by Gasteiger charge is -2.29. The minimum Gasteiger partial charge on any atom is -0.394 e. The Kier molecular flexibility index (Phi) is 9.80. The first-order chi connectivity index (χ1) is 14.5. The van der Waals surface area contributed by atoms with Gasteiger partial charge in [0.1, 0.15) is 6.04 Å². The largest absolute Gasteiger partial charge is 0.394 e. The van der Waals surface area contributed by atoms with Gasteiger partial charge in [-0.05, 0) is 24.8 Å². The summed E-state index contributed by atoms with van der Waals surface area (Å²) in [5, 5.41) is 12.5. The zero-order valence-electron chi connectivity index (χ0n) is 17.9. The Labute approximate surface area is 179 Å². The number of aliphatic hydroxyl groups excluding tert-OH is 1.